The summed E-state index contributed by atoms with van der Waals surface area (Å²) < 4.78 is 1.66. The van der Waals surface area contributed by atoms with Crippen LogP contribution in [0.5, 0.6) is 0 Å². The molecule has 0 spiro atoms. The van der Waals surface area contributed by atoms with Gasteiger partial charge in [-0.1, -0.05) is 36.4 Å². The van der Waals surface area contributed by atoms with Crippen LogP contribution in [0.15, 0.2) is 77.7 Å². The average molecular weight is 339 g/mol. The summed E-state index contributed by atoms with van der Waals surface area (Å²) in [5.41, 5.74) is 3.26. The first-order valence-corrected chi connectivity index (χ1v) is 8.41. The van der Waals surface area contributed by atoms with Crippen LogP contribution in [0.2, 0.25) is 0 Å². The van der Waals surface area contributed by atoms with Crippen molar-refractivity contribution < 1.29 is 0 Å². The molecular weight excluding hydrogens is 322 g/mol. The van der Waals surface area contributed by atoms with Crippen LogP contribution in [0.4, 0.5) is 0 Å². The Balaban J connectivity index is 1.99. The van der Waals surface area contributed by atoms with Crippen LogP contribution in [0.3, 0.4) is 0 Å². The number of aryl methyl sites for hydroxylation is 1. The smallest absolute Gasteiger partial charge is 0.266 e. The molecule has 0 fully saturated rings. The number of pyridine rings is 1. The highest BCUT2D eigenvalue weighted by atomic mass is 16.1. The summed E-state index contributed by atoms with van der Waals surface area (Å²) in [4.78, 5) is 22.2. The van der Waals surface area contributed by atoms with E-state index in [0.717, 1.165) is 16.9 Å². The third-order valence-electron chi connectivity index (χ3n) is 4.25. The SMILES string of the molecule is Cc1ccccc1-n1c(/C=C/c2ccccn2)nc2ccccc2c1=O. The van der Waals surface area contributed by atoms with Gasteiger partial charge in [0.2, 0.25) is 0 Å². The number of rotatable bonds is 3. The van der Waals surface area contributed by atoms with Crippen molar-refractivity contribution >= 4 is 23.1 Å². The molecule has 2 aromatic heterocycles. The van der Waals surface area contributed by atoms with Crippen molar-refractivity contribution in [3.8, 4) is 5.69 Å². The number of hydrogen-bond donors (Lipinski definition) is 0. The van der Waals surface area contributed by atoms with Crippen molar-refractivity contribution in [2.24, 2.45) is 0 Å². The van der Waals surface area contributed by atoms with Crippen molar-refractivity contribution in [2.45, 2.75) is 6.92 Å². The molecule has 26 heavy (non-hydrogen) atoms. The van der Waals surface area contributed by atoms with Gasteiger partial charge in [-0.15, -0.1) is 0 Å². The molecular formula is C22H17N3O. The molecule has 0 saturated heterocycles. The van der Waals surface area contributed by atoms with E-state index in [2.05, 4.69) is 4.98 Å². The Morgan fingerprint density at radius 1 is 0.885 bits per heavy atom. The highest BCUT2D eigenvalue weighted by Gasteiger charge is 2.12. The average Bonchev–Trinajstić information content (AvgIpc) is 2.68. The lowest BCUT2D eigenvalue weighted by molar-refractivity contribution is 0.934. The van der Waals surface area contributed by atoms with Gasteiger partial charge in [0, 0.05) is 6.20 Å². The van der Waals surface area contributed by atoms with E-state index >= 15 is 0 Å². The van der Waals surface area contributed by atoms with Crippen LogP contribution >= 0.6 is 0 Å². The molecule has 4 nitrogen and oxygen atoms in total. The van der Waals surface area contributed by atoms with Gasteiger partial charge >= 0.3 is 0 Å². The normalized spacial score (nSPS) is 11.3. The van der Waals surface area contributed by atoms with Crippen molar-refractivity contribution in [1.29, 1.82) is 0 Å². The summed E-state index contributed by atoms with van der Waals surface area (Å²) in [7, 11) is 0. The third kappa shape index (κ3) is 2.93. The number of para-hydroxylation sites is 2. The molecule has 2 aromatic carbocycles. The van der Waals surface area contributed by atoms with Crippen LogP contribution < -0.4 is 5.56 Å². The highest BCUT2D eigenvalue weighted by molar-refractivity contribution is 5.80. The molecule has 0 saturated carbocycles. The van der Waals surface area contributed by atoms with Gasteiger partial charge in [-0.05, 0) is 55.0 Å². The molecule has 0 aliphatic rings. The van der Waals surface area contributed by atoms with Gasteiger partial charge < -0.3 is 0 Å². The standard InChI is InChI=1S/C22H17N3O/c1-16-8-2-5-12-20(16)25-21(14-13-17-9-6-7-15-23-17)24-19-11-4-3-10-18(19)22(25)26/h2-15H,1H3/b14-13+. The fourth-order valence-corrected chi connectivity index (χ4v) is 2.94. The molecule has 4 rings (SSSR count). The lowest BCUT2D eigenvalue weighted by Gasteiger charge is -2.13. The Bertz CT molecular complexity index is 1160. The van der Waals surface area contributed by atoms with Gasteiger partial charge in [0.05, 0.1) is 22.3 Å². The van der Waals surface area contributed by atoms with Crippen LogP contribution in [0.1, 0.15) is 17.1 Å². The minimum absolute atomic E-state index is 0.0782. The molecule has 0 unspecified atom stereocenters. The zero-order chi connectivity index (χ0) is 17.9. The van der Waals surface area contributed by atoms with Gasteiger partial charge in [0.1, 0.15) is 5.82 Å². The Morgan fingerprint density at radius 3 is 2.46 bits per heavy atom. The molecule has 4 heteroatoms. The summed E-state index contributed by atoms with van der Waals surface area (Å²) in [6, 6.07) is 20.9. The second kappa shape index (κ2) is 6.76. The lowest BCUT2D eigenvalue weighted by atomic mass is 10.1. The minimum Gasteiger partial charge on any atom is -0.268 e. The topological polar surface area (TPSA) is 47.8 Å². The largest absolute Gasteiger partial charge is 0.268 e. The quantitative estimate of drug-likeness (QED) is 0.560. The van der Waals surface area contributed by atoms with Crippen molar-refractivity contribution in [3.05, 3.63) is 100 Å². The minimum atomic E-state index is -0.0782. The predicted molar refractivity (Wildman–Crippen MR) is 105 cm³/mol. The first kappa shape index (κ1) is 16.0. The Kier molecular flexibility index (Phi) is 4.15. The first-order valence-electron chi connectivity index (χ1n) is 8.41. The van der Waals surface area contributed by atoms with E-state index in [1.165, 1.54) is 0 Å². The van der Waals surface area contributed by atoms with Crippen molar-refractivity contribution in [3.63, 3.8) is 0 Å². The van der Waals surface area contributed by atoms with E-state index in [9.17, 15) is 4.79 Å². The summed E-state index contributed by atoms with van der Waals surface area (Å²) in [5.74, 6) is 0.577. The molecule has 0 aliphatic heterocycles. The molecule has 2 heterocycles. The number of benzene rings is 2. The molecule has 4 aromatic rings. The maximum atomic E-state index is 13.2. The number of hydrogen-bond acceptors (Lipinski definition) is 3. The molecule has 0 aliphatic carbocycles. The number of fused-ring (bicyclic) bond motifs is 1. The second-order valence-electron chi connectivity index (χ2n) is 6.00. The molecule has 0 atom stereocenters. The summed E-state index contributed by atoms with van der Waals surface area (Å²) in [6.45, 7) is 1.99. The Morgan fingerprint density at radius 2 is 1.65 bits per heavy atom. The summed E-state index contributed by atoms with van der Waals surface area (Å²) in [5, 5.41) is 0.603. The van der Waals surface area contributed by atoms with Crippen molar-refractivity contribution in [2.75, 3.05) is 0 Å². The van der Waals surface area contributed by atoms with E-state index in [-0.39, 0.29) is 5.56 Å². The van der Waals surface area contributed by atoms with E-state index in [0.29, 0.717) is 16.7 Å². The third-order valence-corrected chi connectivity index (χ3v) is 4.25. The fourth-order valence-electron chi connectivity index (χ4n) is 2.94. The second-order valence-corrected chi connectivity index (χ2v) is 6.00. The van der Waals surface area contributed by atoms with E-state index in [1.54, 1.807) is 10.8 Å². The molecule has 0 bridgehead atoms. The van der Waals surface area contributed by atoms with Crippen LogP contribution in [-0.2, 0) is 0 Å². The molecule has 126 valence electrons. The van der Waals surface area contributed by atoms with Gasteiger partial charge in [-0.2, -0.15) is 0 Å². The zero-order valence-corrected chi connectivity index (χ0v) is 14.3. The first-order chi connectivity index (χ1) is 12.7. The fraction of sp³-hybridized carbons (Fsp3) is 0.0455. The van der Waals surface area contributed by atoms with Crippen molar-refractivity contribution in [1.82, 2.24) is 14.5 Å². The van der Waals surface area contributed by atoms with E-state index in [1.807, 2.05) is 85.8 Å². The maximum Gasteiger partial charge on any atom is 0.266 e. The Hall–Kier alpha value is -3.53. The zero-order valence-electron chi connectivity index (χ0n) is 14.3. The maximum absolute atomic E-state index is 13.2. The molecule has 0 radical (unpaired) electrons. The van der Waals surface area contributed by atoms with E-state index < -0.39 is 0 Å². The monoisotopic (exact) mass is 339 g/mol. The van der Waals surface area contributed by atoms with E-state index in [4.69, 9.17) is 4.98 Å². The van der Waals surface area contributed by atoms with Crippen LogP contribution in [-0.4, -0.2) is 14.5 Å². The molecule has 0 amide bonds. The predicted octanol–water partition coefficient (Wildman–Crippen LogP) is 4.26. The van der Waals surface area contributed by atoms with Gasteiger partial charge in [0.15, 0.2) is 0 Å². The van der Waals surface area contributed by atoms with Gasteiger partial charge in [0.25, 0.3) is 5.56 Å². The highest BCUT2D eigenvalue weighted by Crippen LogP contribution is 2.17. The molecule has 0 N–H and O–H groups in total. The summed E-state index contributed by atoms with van der Waals surface area (Å²) in [6.07, 6.45) is 5.44. The van der Waals surface area contributed by atoms with Crippen LogP contribution in [0.25, 0.3) is 28.7 Å². The Labute approximate surface area is 151 Å². The number of nitrogens with zero attached hydrogens (tertiary/aromatic N) is 3. The van der Waals surface area contributed by atoms with Crippen LogP contribution in [0, 0.1) is 6.92 Å². The number of aromatic nitrogens is 3. The lowest BCUT2D eigenvalue weighted by Crippen LogP contribution is -2.23. The summed E-state index contributed by atoms with van der Waals surface area (Å²) >= 11 is 0. The van der Waals surface area contributed by atoms with Gasteiger partial charge in [-0.3, -0.25) is 14.3 Å². The van der Waals surface area contributed by atoms with Gasteiger partial charge in [-0.25, -0.2) is 4.98 Å².